The summed E-state index contributed by atoms with van der Waals surface area (Å²) in [4.78, 5) is 12.2. The zero-order valence-corrected chi connectivity index (χ0v) is 15.6. The number of amides is 1. The number of aliphatic hydroxyl groups is 1. The first-order valence-electron chi connectivity index (χ1n) is 9.10. The summed E-state index contributed by atoms with van der Waals surface area (Å²) in [6.07, 6.45) is -0.0365. The van der Waals surface area contributed by atoms with Crippen molar-refractivity contribution in [1.29, 1.82) is 0 Å². The lowest BCUT2D eigenvalue weighted by atomic mass is 9.86. The van der Waals surface area contributed by atoms with Gasteiger partial charge in [0.2, 0.25) is 0 Å². The molecule has 0 aliphatic carbocycles. The molecule has 27 heavy (non-hydrogen) atoms. The fourth-order valence-electron chi connectivity index (χ4n) is 3.11. The highest BCUT2D eigenvalue weighted by atomic mass is 16.6. The van der Waals surface area contributed by atoms with Crippen molar-refractivity contribution in [1.82, 2.24) is 5.32 Å². The van der Waals surface area contributed by atoms with Crippen LogP contribution in [-0.2, 0) is 16.9 Å². The summed E-state index contributed by atoms with van der Waals surface area (Å²) < 4.78 is 16.4. The summed E-state index contributed by atoms with van der Waals surface area (Å²) in [6, 6.07) is 14.2. The van der Waals surface area contributed by atoms with Gasteiger partial charge in [0.15, 0.2) is 11.5 Å². The lowest BCUT2D eigenvalue weighted by Crippen LogP contribution is -2.48. The zero-order valence-electron chi connectivity index (χ0n) is 15.6. The molecule has 1 unspecified atom stereocenters. The number of rotatable bonds is 6. The highest BCUT2D eigenvalue weighted by Crippen LogP contribution is 2.36. The Morgan fingerprint density at radius 1 is 1.19 bits per heavy atom. The second-order valence-electron chi connectivity index (χ2n) is 6.67. The van der Waals surface area contributed by atoms with Gasteiger partial charge in [-0.15, -0.1) is 0 Å². The molecule has 0 spiro atoms. The van der Waals surface area contributed by atoms with E-state index in [-0.39, 0.29) is 6.61 Å². The number of benzene rings is 2. The number of hydrogen-bond donors (Lipinski definition) is 2. The van der Waals surface area contributed by atoms with E-state index in [1.165, 1.54) is 0 Å². The van der Waals surface area contributed by atoms with Gasteiger partial charge in [0.05, 0.1) is 6.04 Å². The van der Waals surface area contributed by atoms with Crippen LogP contribution >= 0.6 is 0 Å². The molecule has 144 valence electrons. The Bertz CT molecular complexity index is 775. The largest absolute Gasteiger partial charge is 0.486 e. The van der Waals surface area contributed by atoms with Gasteiger partial charge in [0, 0.05) is 0 Å². The minimum atomic E-state index is -1.30. The number of nitrogens with one attached hydrogen (secondary N) is 1. The normalized spacial score (nSPS) is 16.1. The Balaban J connectivity index is 1.67. The Hall–Kier alpha value is -2.73. The molecular formula is C21H25NO5. The maximum absolute atomic E-state index is 12.2. The van der Waals surface area contributed by atoms with E-state index in [0.717, 1.165) is 5.56 Å². The highest BCUT2D eigenvalue weighted by Gasteiger charge is 2.35. The lowest BCUT2D eigenvalue weighted by Gasteiger charge is -2.34. The van der Waals surface area contributed by atoms with E-state index in [2.05, 4.69) is 5.32 Å². The molecule has 3 rings (SSSR count). The molecule has 6 nitrogen and oxygen atoms in total. The van der Waals surface area contributed by atoms with Gasteiger partial charge in [0.25, 0.3) is 0 Å². The molecule has 0 radical (unpaired) electrons. The van der Waals surface area contributed by atoms with Crippen LogP contribution in [0.1, 0.15) is 31.4 Å². The predicted molar refractivity (Wildman–Crippen MR) is 101 cm³/mol. The third kappa shape index (κ3) is 4.52. The van der Waals surface area contributed by atoms with E-state index in [4.69, 9.17) is 14.2 Å². The maximum atomic E-state index is 12.2. The van der Waals surface area contributed by atoms with Crippen molar-refractivity contribution in [2.75, 3.05) is 13.2 Å². The molecule has 0 saturated carbocycles. The SMILES string of the molecule is CC[C@@H](NC(=O)OCc1ccccc1)C(C)(O)c1ccc2c(c1)OCCO2. The monoisotopic (exact) mass is 371 g/mol. The van der Waals surface area contributed by atoms with Crippen molar-refractivity contribution in [2.24, 2.45) is 0 Å². The standard InChI is InChI=1S/C21H25NO5/c1-3-19(22-20(23)27-14-15-7-5-4-6-8-15)21(2,24)16-9-10-17-18(13-16)26-12-11-25-17/h4-10,13,19,24H,3,11-12,14H2,1-2H3,(H,22,23)/t19-,21?/m1/s1. The van der Waals surface area contributed by atoms with Crippen LogP contribution in [0.5, 0.6) is 11.5 Å². The van der Waals surface area contributed by atoms with Crippen LogP contribution in [0.25, 0.3) is 0 Å². The van der Waals surface area contributed by atoms with Gasteiger partial charge < -0.3 is 24.6 Å². The Kier molecular flexibility index (Phi) is 5.86. The summed E-state index contributed by atoms with van der Waals surface area (Å²) in [5.41, 5.74) is 0.248. The van der Waals surface area contributed by atoms with Crippen LogP contribution < -0.4 is 14.8 Å². The minimum Gasteiger partial charge on any atom is -0.486 e. The minimum absolute atomic E-state index is 0.176. The number of fused-ring (bicyclic) bond motifs is 1. The van der Waals surface area contributed by atoms with Crippen molar-refractivity contribution < 1.29 is 24.1 Å². The molecule has 1 aliphatic rings. The van der Waals surface area contributed by atoms with Crippen LogP contribution in [0.4, 0.5) is 4.79 Å². The fraction of sp³-hybridized carbons (Fsp3) is 0.381. The molecular weight excluding hydrogens is 346 g/mol. The van der Waals surface area contributed by atoms with E-state index >= 15 is 0 Å². The molecule has 2 N–H and O–H groups in total. The summed E-state index contributed by atoms with van der Waals surface area (Å²) in [5.74, 6) is 1.25. The molecule has 1 amide bonds. The topological polar surface area (TPSA) is 77.0 Å². The van der Waals surface area contributed by atoms with Crippen LogP contribution in [-0.4, -0.2) is 30.5 Å². The number of alkyl carbamates (subject to hydrolysis) is 1. The average Bonchev–Trinajstić information content (AvgIpc) is 2.70. The smallest absolute Gasteiger partial charge is 0.407 e. The Morgan fingerprint density at radius 3 is 2.59 bits per heavy atom. The van der Waals surface area contributed by atoms with E-state index in [0.29, 0.717) is 36.7 Å². The molecule has 2 aromatic rings. The summed E-state index contributed by atoms with van der Waals surface area (Å²) in [5, 5.41) is 13.9. The lowest BCUT2D eigenvalue weighted by molar-refractivity contribution is 0.0112. The summed E-state index contributed by atoms with van der Waals surface area (Å²) >= 11 is 0. The van der Waals surface area contributed by atoms with E-state index < -0.39 is 17.7 Å². The molecule has 1 aliphatic heterocycles. The fourth-order valence-corrected chi connectivity index (χ4v) is 3.11. The Labute approximate surface area is 159 Å². The molecule has 1 heterocycles. The van der Waals surface area contributed by atoms with Gasteiger partial charge in [-0.2, -0.15) is 0 Å². The van der Waals surface area contributed by atoms with E-state index in [1.54, 1.807) is 25.1 Å². The molecule has 2 atom stereocenters. The number of carbonyl (C=O) groups excluding carboxylic acids is 1. The maximum Gasteiger partial charge on any atom is 0.407 e. The first-order valence-corrected chi connectivity index (χ1v) is 9.10. The first kappa shape index (κ1) is 19.0. The summed E-state index contributed by atoms with van der Waals surface area (Å²) in [7, 11) is 0. The number of ether oxygens (including phenoxy) is 3. The molecule has 2 aromatic carbocycles. The van der Waals surface area contributed by atoms with Gasteiger partial charge >= 0.3 is 6.09 Å². The van der Waals surface area contributed by atoms with Crippen LogP contribution in [0, 0.1) is 0 Å². The van der Waals surface area contributed by atoms with Crippen molar-refractivity contribution in [3.63, 3.8) is 0 Å². The summed E-state index contributed by atoms with van der Waals surface area (Å²) in [6.45, 7) is 4.73. The van der Waals surface area contributed by atoms with Crippen LogP contribution in [0.2, 0.25) is 0 Å². The van der Waals surface area contributed by atoms with Gasteiger partial charge in [-0.25, -0.2) is 4.79 Å². The Morgan fingerprint density at radius 2 is 1.89 bits per heavy atom. The first-order chi connectivity index (χ1) is 13.0. The molecule has 0 bridgehead atoms. The van der Waals surface area contributed by atoms with Gasteiger partial charge in [0.1, 0.15) is 25.4 Å². The van der Waals surface area contributed by atoms with Crippen LogP contribution in [0.3, 0.4) is 0 Å². The predicted octanol–water partition coefficient (Wildman–Crippen LogP) is 3.37. The molecule has 0 fully saturated rings. The molecule has 0 aromatic heterocycles. The molecule has 6 heteroatoms. The highest BCUT2D eigenvalue weighted by molar-refractivity contribution is 5.68. The van der Waals surface area contributed by atoms with Crippen molar-refractivity contribution in [2.45, 2.75) is 38.5 Å². The van der Waals surface area contributed by atoms with Gasteiger partial charge in [-0.1, -0.05) is 43.3 Å². The van der Waals surface area contributed by atoms with Crippen molar-refractivity contribution in [3.8, 4) is 11.5 Å². The zero-order chi connectivity index (χ0) is 19.3. The second-order valence-corrected chi connectivity index (χ2v) is 6.67. The average molecular weight is 371 g/mol. The number of hydrogen-bond acceptors (Lipinski definition) is 5. The van der Waals surface area contributed by atoms with Gasteiger partial charge in [-0.3, -0.25) is 0 Å². The van der Waals surface area contributed by atoms with E-state index in [1.807, 2.05) is 37.3 Å². The van der Waals surface area contributed by atoms with Gasteiger partial charge in [-0.05, 0) is 36.6 Å². The third-order valence-corrected chi connectivity index (χ3v) is 4.72. The third-order valence-electron chi connectivity index (χ3n) is 4.72. The second kappa shape index (κ2) is 8.31. The van der Waals surface area contributed by atoms with Crippen molar-refractivity contribution in [3.05, 3.63) is 59.7 Å². The number of carbonyl (C=O) groups is 1. The quantitative estimate of drug-likeness (QED) is 0.814. The molecule has 0 saturated heterocycles. The van der Waals surface area contributed by atoms with Crippen LogP contribution in [0.15, 0.2) is 48.5 Å². The van der Waals surface area contributed by atoms with E-state index in [9.17, 15) is 9.90 Å². The van der Waals surface area contributed by atoms with Crippen molar-refractivity contribution >= 4 is 6.09 Å².